The molecule has 1 aliphatic rings. The summed E-state index contributed by atoms with van der Waals surface area (Å²) in [6, 6.07) is 4.64. The zero-order valence-corrected chi connectivity index (χ0v) is 11.4. The molecule has 0 aromatic heterocycles. The number of rotatable bonds is 5. The van der Waals surface area contributed by atoms with Crippen LogP contribution in [-0.2, 0) is 11.3 Å². The van der Waals surface area contributed by atoms with Gasteiger partial charge < -0.3 is 15.2 Å². The number of nitro groups is 1. The number of nitrogens with zero attached hydrogens (tertiary/aromatic N) is 2. The molecule has 1 aromatic rings. The van der Waals surface area contributed by atoms with E-state index in [0.29, 0.717) is 25.4 Å². The van der Waals surface area contributed by atoms with Crippen LogP contribution in [0, 0.1) is 10.1 Å². The number of methoxy groups -OCH3 is 1. The molecule has 1 aromatic carbocycles. The molecule has 1 heterocycles. The van der Waals surface area contributed by atoms with E-state index >= 15 is 0 Å². The van der Waals surface area contributed by atoms with Crippen molar-refractivity contribution in [2.75, 3.05) is 33.4 Å². The predicted octanol–water partition coefficient (Wildman–Crippen LogP) is 0.763. The van der Waals surface area contributed by atoms with E-state index in [2.05, 4.69) is 4.90 Å². The van der Waals surface area contributed by atoms with Gasteiger partial charge in [0.2, 0.25) is 0 Å². The summed E-state index contributed by atoms with van der Waals surface area (Å²) in [5, 5.41) is 10.9. The van der Waals surface area contributed by atoms with E-state index in [0.717, 1.165) is 18.7 Å². The van der Waals surface area contributed by atoms with Crippen molar-refractivity contribution in [3.8, 4) is 5.75 Å². The minimum absolute atomic E-state index is 0.0217. The molecule has 0 aliphatic carbocycles. The SMILES string of the molecule is COc1ccc([N+](=O)[O-])cc1CN1CCOC(CN)C1. The molecule has 0 saturated carbocycles. The second-order valence-electron chi connectivity index (χ2n) is 4.72. The van der Waals surface area contributed by atoms with E-state index in [1.807, 2.05) is 0 Å². The fraction of sp³-hybridized carbons (Fsp3) is 0.538. The molecule has 0 bridgehead atoms. The van der Waals surface area contributed by atoms with Crippen LogP contribution in [0.3, 0.4) is 0 Å². The van der Waals surface area contributed by atoms with Crippen LogP contribution in [0.4, 0.5) is 5.69 Å². The third-order valence-corrected chi connectivity index (χ3v) is 3.35. The van der Waals surface area contributed by atoms with Crippen molar-refractivity contribution in [2.24, 2.45) is 5.73 Å². The van der Waals surface area contributed by atoms with Gasteiger partial charge in [-0.25, -0.2) is 0 Å². The number of benzene rings is 1. The largest absolute Gasteiger partial charge is 0.496 e. The molecular weight excluding hydrogens is 262 g/mol. The Morgan fingerprint density at radius 2 is 2.40 bits per heavy atom. The lowest BCUT2D eigenvalue weighted by Crippen LogP contribution is -2.45. The van der Waals surface area contributed by atoms with E-state index in [1.54, 1.807) is 19.2 Å². The molecule has 0 radical (unpaired) electrons. The molecule has 2 N–H and O–H groups in total. The van der Waals surface area contributed by atoms with Gasteiger partial charge in [0.15, 0.2) is 0 Å². The summed E-state index contributed by atoms with van der Waals surface area (Å²) < 4.78 is 10.8. The average molecular weight is 281 g/mol. The monoisotopic (exact) mass is 281 g/mol. The molecule has 1 unspecified atom stereocenters. The Kier molecular flexibility index (Phi) is 4.89. The number of ether oxygens (including phenoxy) is 2. The zero-order chi connectivity index (χ0) is 14.5. The topological polar surface area (TPSA) is 90.9 Å². The Labute approximate surface area is 117 Å². The van der Waals surface area contributed by atoms with E-state index in [-0.39, 0.29) is 11.8 Å². The van der Waals surface area contributed by atoms with Crippen molar-refractivity contribution in [1.82, 2.24) is 4.90 Å². The molecule has 7 nitrogen and oxygen atoms in total. The van der Waals surface area contributed by atoms with Gasteiger partial charge in [0, 0.05) is 43.9 Å². The molecule has 1 aliphatic heterocycles. The maximum atomic E-state index is 10.9. The maximum absolute atomic E-state index is 10.9. The number of nitro benzene ring substituents is 1. The quantitative estimate of drug-likeness (QED) is 0.633. The van der Waals surface area contributed by atoms with Crippen molar-refractivity contribution < 1.29 is 14.4 Å². The first kappa shape index (κ1) is 14.7. The first-order valence-corrected chi connectivity index (χ1v) is 6.49. The summed E-state index contributed by atoms with van der Waals surface area (Å²) in [5.74, 6) is 0.659. The molecule has 2 rings (SSSR count). The van der Waals surface area contributed by atoms with Crippen LogP contribution in [0.5, 0.6) is 5.75 Å². The fourth-order valence-electron chi connectivity index (χ4n) is 2.31. The van der Waals surface area contributed by atoms with Crippen LogP contribution in [0.2, 0.25) is 0 Å². The lowest BCUT2D eigenvalue weighted by atomic mass is 10.1. The molecule has 1 atom stereocenters. The lowest BCUT2D eigenvalue weighted by Gasteiger charge is -2.32. The van der Waals surface area contributed by atoms with Crippen LogP contribution in [0.15, 0.2) is 18.2 Å². The van der Waals surface area contributed by atoms with Crippen molar-refractivity contribution in [1.29, 1.82) is 0 Å². The summed E-state index contributed by atoms with van der Waals surface area (Å²) in [6.07, 6.45) is 0.0217. The third kappa shape index (κ3) is 3.44. The van der Waals surface area contributed by atoms with Gasteiger partial charge in [-0.3, -0.25) is 15.0 Å². The predicted molar refractivity (Wildman–Crippen MR) is 73.7 cm³/mol. The number of hydrogen-bond acceptors (Lipinski definition) is 6. The van der Waals surface area contributed by atoms with Crippen molar-refractivity contribution in [3.05, 3.63) is 33.9 Å². The van der Waals surface area contributed by atoms with Gasteiger partial charge in [0.25, 0.3) is 5.69 Å². The fourth-order valence-corrected chi connectivity index (χ4v) is 2.31. The molecular formula is C13H19N3O4. The van der Waals surface area contributed by atoms with Gasteiger partial charge in [0.05, 0.1) is 24.7 Å². The van der Waals surface area contributed by atoms with E-state index in [9.17, 15) is 10.1 Å². The standard InChI is InChI=1S/C13H19N3O4/c1-19-13-3-2-11(16(17)18)6-10(13)8-15-4-5-20-12(7-14)9-15/h2-3,6,12H,4-5,7-9,14H2,1H3. The minimum atomic E-state index is -0.398. The molecule has 110 valence electrons. The highest BCUT2D eigenvalue weighted by atomic mass is 16.6. The number of morpholine rings is 1. The smallest absolute Gasteiger partial charge is 0.270 e. The van der Waals surface area contributed by atoms with Crippen LogP contribution in [0.25, 0.3) is 0 Å². The summed E-state index contributed by atoms with van der Waals surface area (Å²) in [5.41, 5.74) is 6.49. The molecule has 1 fully saturated rings. The lowest BCUT2D eigenvalue weighted by molar-refractivity contribution is -0.385. The van der Waals surface area contributed by atoms with Gasteiger partial charge in [-0.1, -0.05) is 0 Å². The van der Waals surface area contributed by atoms with E-state index < -0.39 is 4.92 Å². The van der Waals surface area contributed by atoms with Gasteiger partial charge in [-0.15, -0.1) is 0 Å². The second kappa shape index (κ2) is 6.65. The number of nitrogens with two attached hydrogens (primary N) is 1. The van der Waals surface area contributed by atoms with Crippen molar-refractivity contribution in [3.63, 3.8) is 0 Å². The highest BCUT2D eigenvalue weighted by Gasteiger charge is 2.21. The summed E-state index contributed by atoms with van der Waals surface area (Å²) in [4.78, 5) is 12.6. The summed E-state index contributed by atoms with van der Waals surface area (Å²) in [6.45, 7) is 3.19. The van der Waals surface area contributed by atoms with Crippen LogP contribution >= 0.6 is 0 Å². The average Bonchev–Trinajstić information content (AvgIpc) is 2.47. The number of non-ortho nitro benzene ring substituents is 1. The highest BCUT2D eigenvalue weighted by molar-refractivity contribution is 5.43. The Bertz CT molecular complexity index is 481. The Morgan fingerprint density at radius 1 is 1.60 bits per heavy atom. The van der Waals surface area contributed by atoms with Gasteiger partial charge in [-0.05, 0) is 6.07 Å². The van der Waals surface area contributed by atoms with Crippen molar-refractivity contribution >= 4 is 5.69 Å². The Hall–Kier alpha value is -1.70. The Balaban J connectivity index is 2.14. The third-order valence-electron chi connectivity index (χ3n) is 3.35. The van der Waals surface area contributed by atoms with Gasteiger partial charge >= 0.3 is 0 Å². The maximum Gasteiger partial charge on any atom is 0.270 e. The van der Waals surface area contributed by atoms with Gasteiger partial charge in [0.1, 0.15) is 5.75 Å². The van der Waals surface area contributed by atoms with E-state index in [4.69, 9.17) is 15.2 Å². The summed E-state index contributed by atoms with van der Waals surface area (Å²) in [7, 11) is 1.56. The highest BCUT2D eigenvalue weighted by Crippen LogP contribution is 2.25. The molecule has 1 saturated heterocycles. The first-order valence-electron chi connectivity index (χ1n) is 6.49. The zero-order valence-electron chi connectivity index (χ0n) is 11.4. The molecule has 7 heteroatoms. The summed E-state index contributed by atoms with van der Waals surface area (Å²) >= 11 is 0. The van der Waals surface area contributed by atoms with Crippen LogP contribution in [-0.4, -0.2) is 49.3 Å². The Morgan fingerprint density at radius 3 is 3.05 bits per heavy atom. The van der Waals surface area contributed by atoms with Gasteiger partial charge in [-0.2, -0.15) is 0 Å². The minimum Gasteiger partial charge on any atom is -0.496 e. The van der Waals surface area contributed by atoms with Crippen LogP contribution in [0.1, 0.15) is 5.56 Å². The van der Waals surface area contributed by atoms with E-state index in [1.165, 1.54) is 6.07 Å². The molecule has 0 amide bonds. The normalized spacial score (nSPS) is 19.8. The molecule has 20 heavy (non-hydrogen) atoms. The number of hydrogen-bond donors (Lipinski definition) is 1. The second-order valence-corrected chi connectivity index (χ2v) is 4.72. The van der Waals surface area contributed by atoms with Crippen LogP contribution < -0.4 is 10.5 Å². The molecule has 0 spiro atoms. The van der Waals surface area contributed by atoms with Crippen molar-refractivity contribution in [2.45, 2.75) is 12.6 Å². The first-order chi connectivity index (χ1) is 9.63.